The molecule has 4 nitrogen and oxygen atoms in total. The third kappa shape index (κ3) is 4.29. The first-order chi connectivity index (χ1) is 13.8. The molecule has 0 aliphatic heterocycles. The van der Waals surface area contributed by atoms with Gasteiger partial charge in [0.15, 0.2) is 0 Å². The summed E-state index contributed by atoms with van der Waals surface area (Å²) in [6.45, 7) is 0.499. The van der Waals surface area contributed by atoms with Crippen LogP contribution in [0.2, 0.25) is 0 Å². The van der Waals surface area contributed by atoms with E-state index in [9.17, 15) is 4.79 Å². The zero-order valence-electron chi connectivity index (χ0n) is 15.6. The van der Waals surface area contributed by atoms with Gasteiger partial charge < -0.3 is 10.3 Å². The molecule has 0 bridgehead atoms. The molecule has 0 fully saturated rings. The Morgan fingerprint density at radius 2 is 1.75 bits per heavy atom. The number of fused-ring (bicyclic) bond motifs is 1. The summed E-state index contributed by atoms with van der Waals surface area (Å²) >= 11 is 0. The van der Waals surface area contributed by atoms with Gasteiger partial charge in [-0.25, -0.2) is 0 Å². The third-order valence-corrected chi connectivity index (χ3v) is 5.03. The topological polar surface area (TPSA) is 57.8 Å². The summed E-state index contributed by atoms with van der Waals surface area (Å²) in [5, 5.41) is 4.22. The van der Waals surface area contributed by atoms with Crippen molar-refractivity contribution in [2.24, 2.45) is 0 Å². The molecule has 2 N–H and O–H groups in total. The Morgan fingerprint density at radius 1 is 0.964 bits per heavy atom. The lowest BCUT2D eigenvalue weighted by Gasteiger charge is -2.17. The van der Waals surface area contributed by atoms with Gasteiger partial charge in [-0.3, -0.25) is 9.78 Å². The maximum absolute atomic E-state index is 12.7. The number of nitrogens with zero attached hydrogens (tertiary/aromatic N) is 1. The highest BCUT2D eigenvalue weighted by molar-refractivity contribution is 5.85. The summed E-state index contributed by atoms with van der Waals surface area (Å²) in [6.07, 6.45) is 6.83. The molecule has 1 amide bonds. The number of aromatic nitrogens is 2. The minimum atomic E-state index is 0.0510. The van der Waals surface area contributed by atoms with E-state index in [0.29, 0.717) is 13.0 Å². The predicted octanol–water partition coefficient (Wildman–Crippen LogP) is 4.60. The number of para-hydroxylation sites is 1. The Labute approximate surface area is 164 Å². The number of amides is 1. The number of H-pyrrole nitrogens is 1. The summed E-state index contributed by atoms with van der Waals surface area (Å²) in [4.78, 5) is 20.2. The highest BCUT2D eigenvalue weighted by Gasteiger charge is 2.20. The number of nitrogens with one attached hydrogen (secondary N) is 2. The molecule has 140 valence electrons. The molecule has 0 aliphatic carbocycles. The number of carbonyl (C=O) groups is 1. The molecule has 2 heterocycles. The molecule has 2 aromatic carbocycles. The van der Waals surface area contributed by atoms with Crippen molar-refractivity contribution in [3.63, 3.8) is 0 Å². The first-order valence-corrected chi connectivity index (χ1v) is 9.55. The van der Waals surface area contributed by atoms with Crippen LogP contribution in [-0.4, -0.2) is 15.9 Å². The van der Waals surface area contributed by atoms with Crippen molar-refractivity contribution in [3.05, 3.63) is 102 Å². The smallest absolute Gasteiger partial charge is 0.220 e. The van der Waals surface area contributed by atoms with Crippen LogP contribution in [0, 0.1) is 0 Å². The van der Waals surface area contributed by atoms with Crippen molar-refractivity contribution in [1.82, 2.24) is 15.3 Å². The van der Waals surface area contributed by atoms with Crippen LogP contribution in [-0.2, 0) is 17.8 Å². The number of rotatable bonds is 7. The summed E-state index contributed by atoms with van der Waals surface area (Å²) in [5.74, 6) is 0.155. The second-order valence-electron chi connectivity index (χ2n) is 7.02. The molecule has 4 aromatic rings. The van der Waals surface area contributed by atoms with E-state index in [4.69, 9.17) is 0 Å². The molecular formula is C24H23N3O. The summed E-state index contributed by atoms with van der Waals surface area (Å²) in [5.41, 5.74) is 4.53. The van der Waals surface area contributed by atoms with E-state index in [2.05, 4.69) is 39.6 Å². The SMILES string of the molecule is O=C(CC(Cc1ccccc1)c1c[nH]c2ccccc12)NCc1cccnc1. The Balaban J connectivity index is 1.53. The highest BCUT2D eigenvalue weighted by Crippen LogP contribution is 2.30. The average Bonchev–Trinajstić information content (AvgIpc) is 3.17. The molecule has 0 saturated heterocycles. The van der Waals surface area contributed by atoms with Crippen LogP contribution in [0.4, 0.5) is 0 Å². The van der Waals surface area contributed by atoms with Gasteiger partial charge in [0.25, 0.3) is 0 Å². The Morgan fingerprint density at radius 3 is 2.57 bits per heavy atom. The molecular weight excluding hydrogens is 346 g/mol. The van der Waals surface area contributed by atoms with Crippen molar-refractivity contribution in [2.45, 2.75) is 25.3 Å². The van der Waals surface area contributed by atoms with E-state index >= 15 is 0 Å². The van der Waals surface area contributed by atoms with Crippen molar-refractivity contribution >= 4 is 16.8 Å². The second-order valence-corrected chi connectivity index (χ2v) is 7.02. The first-order valence-electron chi connectivity index (χ1n) is 9.55. The van der Waals surface area contributed by atoms with Crippen LogP contribution in [0.15, 0.2) is 85.3 Å². The fraction of sp³-hybridized carbons (Fsp3) is 0.167. The largest absolute Gasteiger partial charge is 0.361 e. The van der Waals surface area contributed by atoms with Gasteiger partial charge in [-0.05, 0) is 41.2 Å². The number of benzene rings is 2. The van der Waals surface area contributed by atoms with Crippen molar-refractivity contribution in [3.8, 4) is 0 Å². The van der Waals surface area contributed by atoms with Crippen molar-refractivity contribution in [1.29, 1.82) is 0 Å². The monoisotopic (exact) mass is 369 g/mol. The lowest BCUT2D eigenvalue weighted by molar-refractivity contribution is -0.121. The van der Waals surface area contributed by atoms with Gasteiger partial charge in [-0.15, -0.1) is 0 Å². The molecule has 0 saturated carbocycles. The molecule has 0 spiro atoms. The van der Waals surface area contributed by atoms with Gasteiger partial charge in [0.05, 0.1) is 0 Å². The van der Waals surface area contributed by atoms with Crippen LogP contribution in [0.25, 0.3) is 10.9 Å². The van der Waals surface area contributed by atoms with Crippen LogP contribution in [0.3, 0.4) is 0 Å². The minimum Gasteiger partial charge on any atom is -0.361 e. The van der Waals surface area contributed by atoms with Crippen LogP contribution >= 0.6 is 0 Å². The minimum absolute atomic E-state index is 0.0510. The number of pyridine rings is 1. The summed E-state index contributed by atoms with van der Waals surface area (Å²) in [7, 11) is 0. The average molecular weight is 369 g/mol. The van der Waals surface area contributed by atoms with E-state index in [0.717, 1.165) is 17.5 Å². The molecule has 4 heteroatoms. The normalized spacial score (nSPS) is 12.0. The molecule has 2 aromatic heterocycles. The molecule has 4 rings (SSSR count). The molecule has 28 heavy (non-hydrogen) atoms. The van der Waals surface area contributed by atoms with Gasteiger partial charge >= 0.3 is 0 Å². The Bertz CT molecular complexity index is 1040. The van der Waals surface area contributed by atoms with Gasteiger partial charge in [-0.2, -0.15) is 0 Å². The zero-order chi connectivity index (χ0) is 19.2. The molecule has 1 atom stereocenters. The number of carbonyl (C=O) groups excluding carboxylic acids is 1. The molecule has 1 unspecified atom stereocenters. The first kappa shape index (κ1) is 18.0. The number of hydrogen-bond donors (Lipinski definition) is 2. The van der Waals surface area contributed by atoms with Crippen LogP contribution in [0.5, 0.6) is 0 Å². The van der Waals surface area contributed by atoms with E-state index in [1.54, 1.807) is 12.4 Å². The van der Waals surface area contributed by atoms with E-state index in [1.807, 2.05) is 48.7 Å². The number of aromatic amines is 1. The van der Waals surface area contributed by atoms with Gasteiger partial charge in [0.2, 0.25) is 5.91 Å². The van der Waals surface area contributed by atoms with Gasteiger partial charge in [-0.1, -0.05) is 54.6 Å². The highest BCUT2D eigenvalue weighted by atomic mass is 16.1. The Kier molecular flexibility index (Phi) is 5.48. The Hall–Kier alpha value is -3.40. The fourth-order valence-electron chi connectivity index (χ4n) is 3.62. The van der Waals surface area contributed by atoms with Crippen molar-refractivity contribution in [2.75, 3.05) is 0 Å². The van der Waals surface area contributed by atoms with Crippen LogP contribution in [0.1, 0.15) is 29.0 Å². The summed E-state index contributed by atoms with van der Waals surface area (Å²) < 4.78 is 0. The van der Waals surface area contributed by atoms with Crippen LogP contribution < -0.4 is 5.32 Å². The quantitative estimate of drug-likeness (QED) is 0.500. The zero-order valence-corrected chi connectivity index (χ0v) is 15.6. The van der Waals surface area contributed by atoms with E-state index in [-0.39, 0.29) is 11.8 Å². The maximum atomic E-state index is 12.7. The molecule has 0 aliphatic rings. The van der Waals surface area contributed by atoms with Gasteiger partial charge in [0.1, 0.15) is 0 Å². The molecule has 0 radical (unpaired) electrons. The van der Waals surface area contributed by atoms with E-state index in [1.165, 1.54) is 16.5 Å². The lowest BCUT2D eigenvalue weighted by atomic mass is 9.88. The second kappa shape index (κ2) is 8.53. The summed E-state index contributed by atoms with van der Waals surface area (Å²) in [6, 6.07) is 22.5. The van der Waals surface area contributed by atoms with Crippen molar-refractivity contribution < 1.29 is 4.79 Å². The predicted molar refractivity (Wildman–Crippen MR) is 112 cm³/mol. The fourth-order valence-corrected chi connectivity index (χ4v) is 3.62. The lowest BCUT2D eigenvalue weighted by Crippen LogP contribution is -2.25. The standard InChI is InChI=1S/C24H23N3O/c28-24(27-16-19-9-6-12-25-15-19)14-20(13-18-7-2-1-3-8-18)22-17-26-23-11-5-4-10-21(22)23/h1-12,15,17,20,26H,13-14,16H2,(H,27,28). The third-order valence-electron chi connectivity index (χ3n) is 5.03. The van der Waals surface area contributed by atoms with Gasteiger partial charge in [0, 0.05) is 42.5 Å². The maximum Gasteiger partial charge on any atom is 0.220 e. The number of hydrogen-bond acceptors (Lipinski definition) is 2. The van der Waals surface area contributed by atoms with E-state index < -0.39 is 0 Å².